The monoisotopic (exact) mass is 247 g/mol. The van der Waals surface area contributed by atoms with Crippen LogP contribution in [0, 0.1) is 13.8 Å². The number of H-pyrrole nitrogens is 1. The zero-order chi connectivity index (χ0) is 13.0. The van der Waals surface area contributed by atoms with Crippen molar-refractivity contribution in [3.05, 3.63) is 35.2 Å². The summed E-state index contributed by atoms with van der Waals surface area (Å²) in [7, 11) is 0. The van der Waals surface area contributed by atoms with Gasteiger partial charge in [0.2, 0.25) is 0 Å². The number of aryl methyl sites for hydroxylation is 1. The summed E-state index contributed by atoms with van der Waals surface area (Å²) in [5.41, 5.74) is 4.08. The van der Waals surface area contributed by atoms with Crippen molar-refractivity contribution < 1.29 is 0 Å². The fourth-order valence-electron chi connectivity index (χ4n) is 2.32. The molecule has 0 aliphatic heterocycles. The van der Waals surface area contributed by atoms with Gasteiger partial charge in [-0.05, 0) is 32.4 Å². The van der Waals surface area contributed by atoms with E-state index < -0.39 is 0 Å². The van der Waals surface area contributed by atoms with Gasteiger partial charge in [0, 0.05) is 37.4 Å². The van der Waals surface area contributed by atoms with Gasteiger partial charge in [-0.1, -0.05) is 0 Å². The molecule has 2 aromatic rings. The Morgan fingerprint density at radius 1 is 1.39 bits per heavy atom. The molecule has 0 aromatic carbocycles. The maximum atomic E-state index is 4.10. The van der Waals surface area contributed by atoms with Gasteiger partial charge in [0.1, 0.15) is 12.2 Å². The van der Waals surface area contributed by atoms with Gasteiger partial charge >= 0.3 is 0 Å². The first-order valence-electron chi connectivity index (χ1n) is 6.43. The number of hydrogen-bond donors (Lipinski definition) is 2. The summed E-state index contributed by atoms with van der Waals surface area (Å²) >= 11 is 0. The largest absolute Gasteiger partial charge is 0.349 e. The molecule has 98 valence electrons. The SMILES string of the molecule is CCn1c(C)cc(CNCCc2ncn[nH]2)c1C. The van der Waals surface area contributed by atoms with Crippen LogP contribution in [0.25, 0.3) is 0 Å². The molecule has 2 N–H and O–H groups in total. The highest BCUT2D eigenvalue weighted by Gasteiger charge is 2.06. The van der Waals surface area contributed by atoms with Crippen molar-refractivity contribution >= 4 is 0 Å². The minimum absolute atomic E-state index is 0.881. The molecule has 0 radical (unpaired) electrons. The molecular weight excluding hydrogens is 226 g/mol. The van der Waals surface area contributed by atoms with E-state index in [1.54, 1.807) is 6.33 Å². The molecule has 18 heavy (non-hydrogen) atoms. The lowest BCUT2D eigenvalue weighted by atomic mass is 10.2. The topological polar surface area (TPSA) is 58.5 Å². The number of hydrogen-bond acceptors (Lipinski definition) is 3. The first-order valence-corrected chi connectivity index (χ1v) is 6.43. The smallest absolute Gasteiger partial charge is 0.137 e. The zero-order valence-corrected chi connectivity index (χ0v) is 11.3. The molecule has 2 heterocycles. The Kier molecular flexibility index (Phi) is 4.15. The van der Waals surface area contributed by atoms with Crippen LogP contribution in [-0.4, -0.2) is 26.3 Å². The van der Waals surface area contributed by atoms with Gasteiger partial charge in [-0.15, -0.1) is 0 Å². The van der Waals surface area contributed by atoms with Crippen LogP contribution in [-0.2, 0) is 19.5 Å². The van der Waals surface area contributed by atoms with Crippen molar-refractivity contribution in [3.63, 3.8) is 0 Å². The predicted molar refractivity (Wildman–Crippen MR) is 71.4 cm³/mol. The lowest BCUT2D eigenvalue weighted by molar-refractivity contribution is 0.661. The Morgan fingerprint density at radius 3 is 2.83 bits per heavy atom. The Bertz CT molecular complexity index is 484. The summed E-state index contributed by atoms with van der Waals surface area (Å²) < 4.78 is 2.34. The van der Waals surface area contributed by atoms with Gasteiger partial charge in [-0.2, -0.15) is 5.10 Å². The van der Waals surface area contributed by atoms with Crippen LogP contribution in [0.3, 0.4) is 0 Å². The maximum Gasteiger partial charge on any atom is 0.137 e. The van der Waals surface area contributed by atoms with Gasteiger partial charge in [0.15, 0.2) is 0 Å². The molecule has 2 rings (SSSR count). The third kappa shape index (κ3) is 2.79. The minimum atomic E-state index is 0.881. The molecule has 5 heteroatoms. The summed E-state index contributed by atoms with van der Waals surface area (Å²) in [6.45, 7) is 9.38. The average molecular weight is 247 g/mol. The highest BCUT2D eigenvalue weighted by molar-refractivity contribution is 5.26. The second-order valence-electron chi connectivity index (χ2n) is 4.50. The van der Waals surface area contributed by atoms with Gasteiger partial charge in [-0.25, -0.2) is 4.98 Å². The summed E-state index contributed by atoms with van der Waals surface area (Å²) in [5.74, 6) is 0.932. The molecule has 5 nitrogen and oxygen atoms in total. The van der Waals surface area contributed by atoms with Gasteiger partial charge < -0.3 is 9.88 Å². The Hall–Kier alpha value is -1.62. The van der Waals surface area contributed by atoms with Crippen molar-refractivity contribution in [2.24, 2.45) is 0 Å². The maximum absolute atomic E-state index is 4.10. The average Bonchev–Trinajstić information content (AvgIpc) is 2.94. The molecule has 2 aromatic heterocycles. The summed E-state index contributed by atoms with van der Waals surface area (Å²) in [4.78, 5) is 4.10. The number of aromatic nitrogens is 4. The van der Waals surface area contributed by atoms with Gasteiger partial charge in [0.25, 0.3) is 0 Å². The highest BCUT2D eigenvalue weighted by Crippen LogP contribution is 2.14. The van der Waals surface area contributed by atoms with Crippen LogP contribution in [0.4, 0.5) is 0 Å². The summed E-state index contributed by atoms with van der Waals surface area (Å²) in [5, 5.41) is 10.1. The molecule has 0 unspecified atom stereocenters. The van der Waals surface area contributed by atoms with Gasteiger partial charge in [-0.3, -0.25) is 5.10 Å². The van der Waals surface area contributed by atoms with E-state index >= 15 is 0 Å². The van der Waals surface area contributed by atoms with E-state index in [9.17, 15) is 0 Å². The fourth-order valence-corrected chi connectivity index (χ4v) is 2.32. The van der Waals surface area contributed by atoms with Crippen molar-refractivity contribution in [1.29, 1.82) is 0 Å². The second-order valence-corrected chi connectivity index (χ2v) is 4.50. The fraction of sp³-hybridized carbons (Fsp3) is 0.538. The predicted octanol–water partition coefficient (Wildman–Crippen LogP) is 1.58. The molecule has 0 saturated heterocycles. The molecule has 0 aliphatic rings. The van der Waals surface area contributed by atoms with Crippen LogP contribution in [0.2, 0.25) is 0 Å². The van der Waals surface area contributed by atoms with Gasteiger partial charge in [0.05, 0.1) is 0 Å². The summed E-state index contributed by atoms with van der Waals surface area (Å²) in [6, 6.07) is 2.26. The molecule has 0 aliphatic carbocycles. The van der Waals surface area contributed by atoms with Crippen LogP contribution in [0.1, 0.15) is 29.7 Å². The van der Waals surface area contributed by atoms with Crippen molar-refractivity contribution in [1.82, 2.24) is 25.1 Å². The molecule has 0 spiro atoms. The number of nitrogens with zero attached hydrogens (tertiary/aromatic N) is 3. The first kappa shape index (κ1) is 12.8. The standard InChI is InChI=1S/C13H21N5/c1-4-18-10(2)7-12(11(18)3)8-14-6-5-13-15-9-16-17-13/h7,9,14H,4-6,8H2,1-3H3,(H,15,16,17). The van der Waals surface area contributed by atoms with Crippen LogP contribution >= 0.6 is 0 Å². The molecule has 0 amide bonds. The normalized spacial score (nSPS) is 11.1. The Balaban J connectivity index is 1.83. The van der Waals surface area contributed by atoms with E-state index in [4.69, 9.17) is 0 Å². The lowest BCUT2D eigenvalue weighted by Crippen LogP contribution is -2.17. The van der Waals surface area contributed by atoms with E-state index in [0.717, 1.165) is 31.9 Å². The highest BCUT2D eigenvalue weighted by atomic mass is 15.2. The molecule has 0 saturated carbocycles. The third-order valence-electron chi connectivity index (χ3n) is 3.31. The van der Waals surface area contributed by atoms with Crippen LogP contribution < -0.4 is 5.32 Å². The quantitative estimate of drug-likeness (QED) is 0.762. The first-order chi connectivity index (χ1) is 8.72. The summed E-state index contributed by atoms with van der Waals surface area (Å²) in [6.07, 6.45) is 2.43. The minimum Gasteiger partial charge on any atom is -0.349 e. The molecular formula is C13H21N5. The molecule has 0 fully saturated rings. The molecule has 0 atom stereocenters. The number of rotatable bonds is 6. The van der Waals surface area contributed by atoms with E-state index in [-0.39, 0.29) is 0 Å². The van der Waals surface area contributed by atoms with E-state index in [2.05, 4.69) is 51.9 Å². The lowest BCUT2D eigenvalue weighted by Gasteiger charge is -2.06. The Labute approximate surface area is 108 Å². The van der Waals surface area contributed by atoms with Crippen LogP contribution in [0.15, 0.2) is 12.4 Å². The number of nitrogens with one attached hydrogen (secondary N) is 2. The van der Waals surface area contributed by atoms with Crippen molar-refractivity contribution in [2.75, 3.05) is 6.54 Å². The van der Waals surface area contributed by atoms with E-state index in [1.807, 2.05) is 0 Å². The van der Waals surface area contributed by atoms with E-state index in [1.165, 1.54) is 17.0 Å². The van der Waals surface area contributed by atoms with Crippen LogP contribution in [0.5, 0.6) is 0 Å². The second kappa shape index (κ2) is 5.82. The van der Waals surface area contributed by atoms with E-state index in [0.29, 0.717) is 0 Å². The zero-order valence-electron chi connectivity index (χ0n) is 11.3. The third-order valence-corrected chi connectivity index (χ3v) is 3.31. The molecule has 0 bridgehead atoms. The van der Waals surface area contributed by atoms with Crippen molar-refractivity contribution in [2.45, 2.75) is 40.3 Å². The Morgan fingerprint density at radius 2 is 2.22 bits per heavy atom. The van der Waals surface area contributed by atoms with Crippen molar-refractivity contribution in [3.8, 4) is 0 Å². The number of aromatic amines is 1.